The number of nitrogens with one attached hydrogen (secondary N) is 1. The second kappa shape index (κ2) is 7.69. The zero-order valence-corrected chi connectivity index (χ0v) is 17.2. The topological polar surface area (TPSA) is 80.9 Å². The number of aryl methyl sites for hydroxylation is 1. The van der Waals surface area contributed by atoms with Gasteiger partial charge in [0, 0.05) is 22.0 Å². The van der Waals surface area contributed by atoms with E-state index in [2.05, 4.69) is 15.3 Å². The Morgan fingerprint density at radius 2 is 1.93 bits per heavy atom. The van der Waals surface area contributed by atoms with Gasteiger partial charge in [-0.1, -0.05) is 37.3 Å². The van der Waals surface area contributed by atoms with Crippen molar-refractivity contribution in [1.29, 1.82) is 0 Å². The average molecular weight is 448 g/mol. The maximum atomic E-state index is 13.8. The number of amides is 1. The maximum Gasteiger partial charge on any atom is 0.417 e. The van der Waals surface area contributed by atoms with Crippen LogP contribution in [0.5, 0.6) is 0 Å². The maximum absolute atomic E-state index is 13.8. The highest BCUT2D eigenvalue weighted by Crippen LogP contribution is 2.43. The van der Waals surface area contributed by atoms with E-state index in [1.54, 1.807) is 36.5 Å². The minimum absolute atomic E-state index is 0.0264. The number of fused-ring (bicyclic) bond motifs is 1. The molecular weight excluding hydrogens is 433 g/mol. The van der Waals surface area contributed by atoms with Gasteiger partial charge in [-0.15, -0.1) is 22.7 Å². The lowest BCUT2D eigenvalue weighted by molar-refractivity contribution is -0.136. The molecule has 3 N–H and O–H groups in total. The van der Waals surface area contributed by atoms with E-state index in [0.29, 0.717) is 10.7 Å². The highest BCUT2D eigenvalue weighted by atomic mass is 32.1. The third-order valence-corrected chi connectivity index (χ3v) is 6.56. The lowest BCUT2D eigenvalue weighted by Crippen LogP contribution is -2.12. The van der Waals surface area contributed by atoms with Gasteiger partial charge in [0.1, 0.15) is 9.71 Å². The normalized spacial score (nSPS) is 11.7. The third kappa shape index (κ3) is 3.75. The summed E-state index contributed by atoms with van der Waals surface area (Å²) in [6.45, 7) is 1.96. The number of hydrogen-bond acceptors (Lipinski definition) is 6. The first-order valence-corrected chi connectivity index (χ1v) is 10.5. The molecule has 30 heavy (non-hydrogen) atoms. The van der Waals surface area contributed by atoms with Crippen LogP contribution in [0.2, 0.25) is 0 Å². The number of nitrogen functional groups attached to an aromatic ring is 1. The van der Waals surface area contributed by atoms with Gasteiger partial charge in [-0.2, -0.15) is 13.2 Å². The molecule has 0 aliphatic heterocycles. The van der Waals surface area contributed by atoms with Crippen molar-refractivity contribution in [2.75, 3.05) is 11.1 Å². The Hall–Kier alpha value is -2.98. The van der Waals surface area contributed by atoms with Crippen molar-refractivity contribution in [3.05, 3.63) is 57.9 Å². The molecular formula is C20H15F3N4OS2. The number of carbonyl (C=O) groups is 1. The number of nitrogens with two attached hydrogens (primary N) is 1. The zero-order chi connectivity index (χ0) is 21.5. The molecule has 0 aliphatic carbocycles. The van der Waals surface area contributed by atoms with Crippen LogP contribution in [0.4, 0.5) is 24.0 Å². The quantitative estimate of drug-likeness (QED) is 0.411. The number of thiazole rings is 1. The second-order valence-corrected chi connectivity index (χ2v) is 8.50. The summed E-state index contributed by atoms with van der Waals surface area (Å²) in [5, 5.41) is 2.71. The van der Waals surface area contributed by atoms with Gasteiger partial charge in [-0.05, 0) is 12.5 Å². The predicted octanol–water partition coefficient (Wildman–Crippen LogP) is 5.84. The minimum Gasteiger partial charge on any atom is -0.397 e. The van der Waals surface area contributed by atoms with Crippen molar-refractivity contribution >= 4 is 49.6 Å². The van der Waals surface area contributed by atoms with Crippen molar-refractivity contribution in [2.24, 2.45) is 0 Å². The molecule has 0 unspecified atom stereocenters. The van der Waals surface area contributed by atoms with E-state index in [9.17, 15) is 18.0 Å². The molecule has 3 aromatic heterocycles. The van der Waals surface area contributed by atoms with E-state index in [4.69, 9.17) is 5.73 Å². The van der Waals surface area contributed by atoms with Crippen LogP contribution >= 0.6 is 22.7 Å². The molecule has 0 saturated heterocycles. The van der Waals surface area contributed by atoms with Crippen LogP contribution in [-0.2, 0) is 12.6 Å². The Labute approximate surface area is 177 Å². The summed E-state index contributed by atoms with van der Waals surface area (Å²) in [7, 11) is 0. The van der Waals surface area contributed by atoms with Crippen molar-refractivity contribution in [3.63, 3.8) is 0 Å². The fourth-order valence-corrected chi connectivity index (χ4v) is 4.71. The number of anilines is 2. The number of benzene rings is 1. The third-order valence-electron chi connectivity index (χ3n) is 4.40. The molecule has 154 valence electrons. The molecule has 1 amide bonds. The van der Waals surface area contributed by atoms with E-state index < -0.39 is 17.6 Å². The summed E-state index contributed by atoms with van der Waals surface area (Å²) in [6.07, 6.45) is -2.25. The SMILES string of the molecule is CCc1cnc(NC(=O)c2sc3nc(-c4ccccc4)cc(C(F)(F)F)c3c2N)s1. The van der Waals surface area contributed by atoms with Crippen LogP contribution < -0.4 is 11.1 Å². The van der Waals surface area contributed by atoms with E-state index in [1.165, 1.54) is 11.3 Å². The molecule has 1 aromatic carbocycles. The summed E-state index contributed by atoms with van der Waals surface area (Å²) in [5.41, 5.74) is 5.55. The van der Waals surface area contributed by atoms with Gasteiger partial charge in [0.2, 0.25) is 0 Å². The summed E-state index contributed by atoms with van der Waals surface area (Å²) in [4.78, 5) is 22.2. The first-order valence-electron chi connectivity index (χ1n) is 8.89. The van der Waals surface area contributed by atoms with E-state index in [0.717, 1.165) is 28.7 Å². The van der Waals surface area contributed by atoms with Gasteiger partial charge < -0.3 is 5.73 Å². The molecule has 0 spiro atoms. The number of nitrogens with zero attached hydrogens (tertiary/aromatic N) is 2. The number of rotatable bonds is 4. The first-order chi connectivity index (χ1) is 14.3. The lowest BCUT2D eigenvalue weighted by atomic mass is 10.1. The van der Waals surface area contributed by atoms with Gasteiger partial charge in [0.05, 0.1) is 16.9 Å². The summed E-state index contributed by atoms with van der Waals surface area (Å²) in [5.74, 6) is -0.609. The molecule has 0 bridgehead atoms. The predicted molar refractivity (Wildman–Crippen MR) is 114 cm³/mol. The molecule has 3 heterocycles. The molecule has 4 rings (SSSR count). The van der Waals surface area contributed by atoms with E-state index in [-0.39, 0.29) is 26.5 Å². The van der Waals surface area contributed by atoms with Crippen molar-refractivity contribution in [2.45, 2.75) is 19.5 Å². The molecule has 0 radical (unpaired) electrons. The van der Waals surface area contributed by atoms with Gasteiger partial charge in [0.15, 0.2) is 5.13 Å². The van der Waals surface area contributed by atoms with Crippen LogP contribution in [-0.4, -0.2) is 15.9 Å². The molecule has 10 heteroatoms. The van der Waals surface area contributed by atoms with Crippen molar-refractivity contribution < 1.29 is 18.0 Å². The Balaban J connectivity index is 1.82. The Kier molecular flexibility index (Phi) is 5.20. The Bertz CT molecular complexity index is 1230. The molecule has 4 aromatic rings. The number of carbonyl (C=O) groups excluding carboxylic acids is 1. The monoisotopic (exact) mass is 448 g/mol. The van der Waals surface area contributed by atoms with Gasteiger partial charge in [-0.25, -0.2) is 9.97 Å². The fraction of sp³-hybridized carbons (Fsp3) is 0.150. The average Bonchev–Trinajstić information content (AvgIpc) is 3.31. The molecule has 0 atom stereocenters. The van der Waals surface area contributed by atoms with Crippen molar-refractivity contribution in [3.8, 4) is 11.3 Å². The summed E-state index contributed by atoms with van der Waals surface area (Å²) >= 11 is 2.13. The van der Waals surface area contributed by atoms with Crippen LogP contribution in [0.3, 0.4) is 0 Å². The van der Waals surface area contributed by atoms with Gasteiger partial charge in [-0.3, -0.25) is 10.1 Å². The highest BCUT2D eigenvalue weighted by molar-refractivity contribution is 7.21. The van der Waals surface area contributed by atoms with Gasteiger partial charge in [0.25, 0.3) is 5.91 Å². The summed E-state index contributed by atoms with van der Waals surface area (Å²) in [6, 6.07) is 9.51. The molecule has 0 aliphatic rings. The summed E-state index contributed by atoms with van der Waals surface area (Å²) < 4.78 is 41.4. The number of aromatic nitrogens is 2. The Morgan fingerprint density at radius 3 is 2.57 bits per heavy atom. The number of pyridine rings is 1. The van der Waals surface area contributed by atoms with E-state index in [1.807, 2.05) is 6.92 Å². The second-order valence-electron chi connectivity index (χ2n) is 6.38. The zero-order valence-electron chi connectivity index (χ0n) is 15.6. The highest BCUT2D eigenvalue weighted by Gasteiger charge is 2.36. The minimum atomic E-state index is -4.65. The standard InChI is InChI=1S/C20H15F3N4OS2/c1-2-11-9-25-19(29-11)27-17(28)16-15(24)14-12(20(21,22)23)8-13(26-18(14)30-16)10-6-4-3-5-7-10/h3-9H,2,24H2,1H3,(H,25,27,28). The smallest absolute Gasteiger partial charge is 0.397 e. The molecule has 5 nitrogen and oxygen atoms in total. The van der Waals surface area contributed by atoms with Crippen molar-refractivity contribution in [1.82, 2.24) is 9.97 Å². The number of alkyl halides is 3. The van der Waals surface area contributed by atoms with Crippen LogP contribution in [0, 0.1) is 0 Å². The number of halogens is 3. The van der Waals surface area contributed by atoms with Crippen LogP contribution in [0.1, 0.15) is 27.0 Å². The van der Waals surface area contributed by atoms with E-state index >= 15 is 0 Å². The fourth-order valence-electron chi connectivity index (χ4n) is 2.95. The molecule has 0 fully saturated rings. The Morgan fingerprint density at radius 1 is 1.20 bits per heavy atom. The first kappa shape index (κ1) is 20.3. The number of thiophene rings is 1. The lowest BCUT2D eigenvalue weighted by Gasteiger charge is -2.11. The largest absolute Gasteiger partial charge is 0.417 e. The van der Waals surface area contributed by atoms with Crippen LogP contribution in [0.15, 0.2) is 42.6 Å². The molecule has 0 saturated carbocycles. The van der Waals surface area contributed by atoms with Crippen LogP contribution in [0.25, 0.3) is 21.5 Å². The van der Waals surface area contributed by atoms with Gasteiger partial charge >= 0.3 is 6.18 Å². The number of hydrogen-bond donors (Lipinski definition) is 2.